The number of halogens is 1. The van der Waals surface area contributed by atoms with Crippen molar-refractivity contribution in [2.24, 2.45) is 0 Å². The molecule has 1 heterocycles. The zero-order valence-electron chi connectivity index (χ0n) is 16.8. The second-order valence-corrected chi connectivity index (χ2v) is 7.44. The van der Waals surface area contributed by atoms with Gasteiger partial charge in [0.25, 0.3) is 11.8 Å². The van der Waals surface area contributed by atoms with Crippen LogP contribution in [0.25, 0.3) is 22.8 Å². The summed E-state index contributed by atoms with van der Waals surface area (Å²) in [6, 6.07) is 22.4. The third-order valence-electron chi connectivity index (χ3n) is 4.61. The molecule has 1 amide bonds. The predicted octanol–water partition coefficient (Wildman–Crippen LogP) is 5.06. The average Bonchev–Trinajstić information content (AvgIpc) is 3.28. The fourth-order valence-electron chi connectivity index (χ4n) is 2.86. The molecule has 0 saturated carbocycles. The topological polar surface area (TPSA) is 77.2 Å². The summed E-state index contributed by atoms with van der Waals surface area (Å²) in [7, 11) is 0. The molecule has 3 aromatic carbocycles. The van der Waals surface area contributed by atoms with Crippen LogP contribution in [0.2, 0.25) is 5.02 Å². The first kappa shape index (κ1) is 20.6. The van der Waals surface area contributed by atoms with Gasteiger partial charge in [-0.3, -0.25) is 4.79 Å². The van der Waals surface area contributed by atoms with E-state index >= 15 is 0 Å². The molecule has 0 bridgehead atoms. The number of hydrogen-bond donors (Lipinski definition) is 1. The first-order valence-corrected chi connectivity index (χ1v) is 10.1. The van der Waals surface area contributed by atoms with Crippen LogP contribution in [-0.4, -0.2) is 22.7 Å². The number of amides is 1. The highest BCUT2D eigenvalue weighted by atomic mass is 35.5. The van der Waals surface area contributed by atoms with Gasteiger partial charge in [0, 0.05) is 22.7 Å². The zero-order valence-corrected chi connectivity index (χ0v) is 17.6. The lowest BCUT2D eigenvalue weighted by Crippen LogP contribution is -2.28. The van der Waals surface area contributed by atoms with Crippen LogP contribution in [0, 0.1) is 6.92 Å². The second-order valence-electron chi connectivity index (χ2n) is 7.01. The van der Waals surface area contributed by atoms with Crippen LogP contribution in [0.1, 0.15) is 11.1 Å². The Labute approximate surface area is 184 Å². The number of benzene rings is 3. The Morgan fingerprint density at radius 3 is 2.35 bits per heavy atom. The van der Waals surface area contributed by atoms with E-state index in [4.69, 9.17) is 20.9 Å². The van der Waals surface area contributed by atoms with Gasteiger partial charge in [-0.25, -0.2) is 0 Å². The van der Waals surface area contributed by atoms with Crippen LogP contribution in [0.3, 0.4) is 0 Å². The van der Waals surface area contributed by atoms with Crippen LogP contribution < -0.4 is 10.1 Å². The van der Waals surface area contributed by atoms with Gasteiger partial charge in [0.05, 0.1) is 0 Å². The van der Waals surface area contributed by atoms with Crippen molar-refractivity contribution in [2.45, 2.75) is 13.5 Å². The lowest BCUT2D eigenvalue weighted by Gasteiger charge is -2.08. The van der Waals surface area contributed by atoms with Crippen molar-refractivity contribution >= 4 is 17.5 Å². The monoisotopic (exact) mass is 433 g/mol. The highest BCUT2D eigenvalue weighted by Gasteiger charge is 2.11. The molecule has 4 rings (SSSR count). The molecule has 156 valence electrons. The zero-order chi connectivity index (χ0) is 21.6. The molecule has 1 N–H and O–H groups in total. The largest absolute Gasteiger partial charge is 0.484 e. The molecule has 0 aliphatic heterocycles. The van der Waals surface area contributed by atoms with E-state index in [1.165, 1.54) is 5.56 Å². The van der Waals surface area contributed by atoms with E-state index in [0.717, 1.165) is 16.7 Å². The van der Waals surface area contributed by atoms with Crippen molar-refractivity contribution in [3.63, 3.8) is 0 Å². The SMILES string of the molecule is Cc1ccc(-c2noc(-c3ccc(OCC(=O)NCc4ccc(Cl)cc4)cc3)n2)cc1. The molecular formula is C24H20ClN3O3. The third-order valence-corrected chi connectivity index (χ3v) is 4.86. The van der Waals surface area contributed by atoms with Crippen molar-refractivity contribution in [3.05, 3.63) is 88.9 Å². The van der Waals surface area contributed by atoms with Gasteiger partial charge in [0.2, 0.25) is 5.82 Å². The summed E-state index contributed by atoms with van der Waals surface area (Å²) >= 11 is 5.86. The van der Waals surface area contributed by atoms with E-state index in [-0.39, 0.29) is 12.5 Å². The average molecular weight is 434 g/mol. The molecule has 0 aliphatic rings. The molecule has 4 aromatic rings. The van der Waals surface area contributed by atoms with Gasteiger partial charge in [0.1, 0.15) is 5.75 Å². The summed E-state index contributed by atoms with van der Waals surface area (Å²) in [6.45, 7) is 2.36. The van der Waals surface area contributed by atoms with Gasteiger partial charge in [-0.2, -0.15) is 4.98 Å². The molecule has 0 spiro atoms. The van der Waals surface area contributed by atoms with Gasteiger partial charge in [-0.15, -0.1) is 0 Å². The normalized spacial score (nSPS) is 10.6. The van der Waals surface area contributed by atoms with Gasteiger partial charge in [0.15, 0.2) is 6.61 Å². The number of aryl methyl sites for hydroxylation is 1. The van der Waals surface area contributed by atoms with Crippen LogP contribution in [-0.2, 0) is 11.3 Å². The molecule has 0 atom stereocenters. The Kier molecular flexibility index (Phi) is 6.29. The van der Waals surface area contributed by atoms with Crippen LogP contribution in [0.4, 0.5) is 0 Å². The summed E-state index contributed by atoms with van der Waals surface area (Å²) < 4.78 is 10.9. The summed E-state index contributed by atoms with van der Waals surface area (Å²) in [5, 5.41) is 7.52. The van der Waals surface area contributed by atoms with Crippen LogP contribution in [0.15, 0.2) is 77.3 Å². The summed E-state index contributed by atoms with van der Waals surface area (Å²) in [6.07, 6.45) is 0. The molecule has 31 heavy (non-hydrogen) atoms. The standard InChI is InChI=1S/C24H20ClN3O3/c1-16-2-6-18(7-3-16)23-27-24(31-28-23)19-8-12-21(13-9-19)30-15-22(29)26-14-17-4-10-20(25)11-5-17/h2-13H,14-15H2,1H3,(H,26,29). The van der Waals surface area contributed by atoms with E-state index in [1.54, 1.807) is 24.3 Å². The van der Waals surface area contributed by atoms with Gasteiger partial charge in [-0.1, -0.05) is 58.7 Å². The fraction of sp³-hybridized carbons (Fsp3) is 0.125. The number of carbonyl (C=O) groups excluding carboxylic acids is 1. The maximum absolute atomic E-state index is 12.0. The molecule has 6 nitrogen and oxygen atoms in total. The Morgan fingerprint density at radius 1 is 0.968 bits per heavy atom. The fourth-order valence-corrected chi connectivity index (χ4v) is 2.98. The Balaban J connectivity index is 1.30. The molecule has 0 radical (unpaired) electrons. The Bertz CT molecular complexity index is 1150. The maximum atomic E-state index is 12.0. The van der Waals surface area contributed by atoms with E-state index in [2.05, 4.69) is 15.5 Å². The highest BCUT2D eigenvalue weighted by Crippen LogP contribution is 2.24. The van der Waals surface area contributed by atoms with Crippen LogP contribution >= 0.6 is 11.6 Å². The highest BCUT2D eigenvalue weighted by molar-refractivity contribution is 6.30. The lowest BCUT2D eigenvalue weighted by molar-refractivity contribution is -0.123. The number of nitrogens with zero attached hydrogens (tertiary/aromatic N) is 2. The number of aromatic nitrogens is 2. The van der Waals surface area contributed by atoms with E-state index < -0.39 is 0 Å². The number of nitrogens with one attached hydrogen (secondary N) is 1. The molecule has 0 fully saturated rings. The minimum atomic E-state index is -0.210. The quantitative estimate of drug-likeness (QED) is 0.440. The molecule has 1 aromatic heterocycles. The maximum Gasteiger partial charge on any atom is 0.258 e. The summed E-state index contributed by atoms with van der Waals surface area (Å²) in [5.41, 5.74) is 3.80. The first-order valence-electron chi connectivity index (χ1n) is 9.72. The molecule has 0 aliphatic carbocycles. The smallest absolute Gasteiger partial charge is 0.258 e. The number of rotatable bonds is 7. The molecule has 0 unspecified atom stereocenters. The Hall–Kier alpha value is -3.64. The summed E-state index contributed by atoms with van der Waals surface area (Å²) in [5.74, 6) is 1.32. The van der Waals surface area contributed by atoms with Crippen molar-refractivity contribution in [3.8, 4) is 28.6 Å². The minimum absolute atomic E-state index is 0.0783. The van der Waals surface area contributed by atoms with Gasteiger partial charge >= 0.3 is 0 Å². The van der Waals surface area contributed by atoms with Gasteiger partial charge in [-0.05, 0) is 48.9 Å². The number of ether oxygens (including phenoxy) is 1. The lowest BCUT2D eigenvalue weighted by atomic mass is 10.1. The van der Waals surface area contributed by atoms with Crippen LogP contribution in [0.5, 0.6) is 5.75 Å². The number of hydrogen-bond acceptors (Lipinski definition) is 5. The van der Waals surface area contributed by atoms with Gasteiger partial charge < -0.3 is 14.6 Å². The molecular weight excluding hydrogens is 414 g/mol. The van der Waals surface area contributed by atoms with Crippen molar-refractivity contribution in [1.82, 2.24) is 15.5 Å². The summed E-state index contributed by atoms with van der Waals surface area (Å²) in [4.78, 5) is 16.5. The van der Waals surface area contributed by atoms with Crippen molar-refractivity contribution in [2.75, 3.05) is 6.61 Å². The predicted molar refractivity (Wildman–Crippen MR) is 119 cm³/mol. The third kappa shape index (κ3) is 5.49. The minimum Gasteiger partial charge on any atom is -0.484 e. The molecule has 0 saturated heterocycles. The Morgan fingerprint density at radius 2 is 1.65 bits per heavy atom. The van der Waals surface area contributed by atoms with E-state index in [0.29, 0.717) is 29.0 Å². The second kappa shape index (κ2) is 9.45. The van der Waals surface area contributed by atoms with E-state index in [1.807, 2.05) is 55.5 Å². The van der Waals surface area contributed by atoms with E-state index in [9.17, 15) is 4.79 Å². The van der Waals surface area contributed by atoms with Crippen molar-refractivity contribution in [1.29, 1.82) is 0 Å². The number of carbonyl (C=O) groups is 1. The first-order chi connectivity index (χ1) is 15.1. The van der Waals surface area contributed by atoms with Crippen molar-refractivity contribution < 1.29 is 14.1 Å². The molecule has 7 heteroatoms.